The molecule has 0 spiro atoms. The minimum absolute atomic E-state index is 0.00389. The quantitative estimate of drug-likeness (QED) is 0.855. The average molecular weight is 299 g/mol. The summed E-state index contributed by atoms with van der Waals surface area (Å²) in [4.78, 5) is 20.9. The first-order valence-electron chi connectivity index (χ1n) is 7.66. The van der Waals surface area contributed by atoms with Gasteiger partial charge >= 0.3 is 0 Å². The summed E-state index contributed by atoms with van der Waals surface area (Å²) in [6.45, 7) is 7.23. The number of aryl methyl sites for hydroxylation is 2. The second kappa shape index (κ2) is 6.22. The van der Waals surface area contributed by atoms with Gasteiger partial charge in [-0.05, 0) is 38.0 Å². The van der Waals surface area contributed by atoms with Gasteiger partial charge in [0.2, 0.25) is 0 Å². The van der Waals surface area contributed by atoms with Gasteiger partial charge in [0, 0.05) is 49.8 Å². The Morgan fingerprint density at radius 3 is 2.73 bits per heavy atom. The summed E-state index contributed by atoms with van der Waals surface area (Å²) in [5.41, 5.74) is 3.28. The predicted molar refractivity (Wildman–Crippen MR) is 85.2 cm³/mol. The van der Waals surface area contributed by atoms with Crippen molar-refractivity contribution in [3.05, 3.63) is 47.7 Å². The molecule has 1 aliphatic rings. The van der Waals surface area contributed by atoms with Gasteiger partial charge in [0.25, 0.3) is 5.91 Å². The summed E-state index contributed by atoms with van der Waals surface area (Å²) in [6.07, 6.45) is 6.23. The fraction of sp³-hybridized carbons (Fsp3) is 0.412. The Morgan fingerprint density at radius 1 is 1.14 bits per heavy atom. The molecule has 0 aliphatic carbocycles. The summed E-state index contributed by atoms with van der Waals surface area (Å²) >= 11 is 0. The topological polar surface area (TPSA) is 49.6 Å². The van der Waals surface area contributed by atoms with Crippen molar-refractivity contribution in [3.63, 3.8) is 0 Å². The Kier molecular flexibility index (Phi) is 4.13. The number of nitrogens with zero attached hydrogens (tertiary/aromatic N) is 3. The number of rotatable bonds is 2. The molecule has 3 rings (SSSR count). The number of hydrogen-bond acceptors (Lipinski definition) is 4. The first-order chi connectivity index (χ1) is 10.7. The van der Waals surface area contributed by atoms with Crippen molar-refractivity contribution in [3.8, 4) is 0 Å². The number of furan rings is 1. The van der Waals surface area contributed by atoms with Gasteiger partial charge in [-0.25, -0.2) is 0 Å². The summed E-state index contributed by atoms with van der Waals surface area (Å²) < 4.78 is 5.34. The molecule has 1 fully saturated rings. The highest BCUT2D eigenvalue weighted by atomic mass is 16.3. The fourth-order valence-corrected chi connectivity index (χ4v) is 2.92. The lowest BCUT2D eigenvalue weighted by Crippen LogP contribution is -2.35. The monoisotopic (exact) mass is 299 g/mol. The Balaban J connectivity index is 1.72. The zero-order valence-corrected chi connectivity index (χ0v) is 13.1. The summed E-state index contributed by atoms with van der Waals surface area (Å²) in [5, 5.41) is 0. The first kappa shape index (κ1) is 14.6. The number of hydrogen-bond donors (Lipinski definition) is 0. The number of pyridine rings is 1. The molecule has 0 atom stereocenters. The Hall–Kier alpha value is -2.30. The van der Waals surface area contributed by atoms with Gasteiger partial charge in [0.1, 0.15) is 0 Å². The lowest BCUT2D eigenvalue weighted by molar-refractivity contribution is 0.0734. The van der Waals surface area contributed by atoms with E-state index in [4.69, 9.17) is 4.42 Å². The molecule has 0 unspecified atom stereocenters. The molecule has 2 aromatic heterocycles. The van der Waals surface area contributed by atoms with Crippen LogP contribution in [0.4, 0.5) is 5.69 Å². The van der Waals surface area contributed by atoms with E-state index in [0.717, 1.165) is 31.6 Å². The van der Waals surface area contributed by atoms with E-state index in [-0.39, 0.29) is 5.91 Å². The molecular weight excluding hydrogens is 278 g/mol. The Bertz CT molecular complexity index is 665. The van der Waals surface area contributed by atoms with Crippen LogP contribution in [0.5, 0.6) is 0 Å². The molecule has 0 radical (unpaired) electrons. The number of amides is 1. The number of carbonyl (C=O) groups excluding carboxylic acids is 1. The SMILES string of the molecule is Cc1cnccc1N1CCCN(C(=O)c2occc2C)CC1. The number of anilines is 1. The van der Waals surface area contributed by atoms with E-state index >= 15 is 0 Å². The summed E-state index contributed by atoms with van der Waals surface area (Å²) in [7, 11) is 0. The minimum Gasteiger partial charge on any atom is -0.459 e. The lowest BCUT2D eigenvalue weighted by atomic mass is 10.2. The van der Waals surface area contributed by atoms with E-state index in [1.807, 2.05) is 36.4 Å². The first-order valence-corrected chi connectivity index (χ1v) is 7.66. The second-order valence-electron chi connectivity index (χ2n) is 5.73. The van der Waals surface area contributed by atoms with Crippen LogP contribution in [0, 0.1) is 13.8 Å². The van der Waals surface area contributed by atoms with Crippen LogP contribution in [0.2, 0.25) is 0 Å². The van der Waals surface area contributed by atoms with Crippen LogP contribution >= 0.6 is 0 Å². The van der Waals surface area contributed by atoms with Gasteiger partial charge in [-0.3, -0.25) is 9.78 Å². The maximum absolute atomic E-state index is 12.5. The molecule has 22 heavy (non-hydrogen) atoms. The largest absolute Gasteiger partial charge is 0.459 e. The van der Waals surface area contributed by atoms with Crippen molar-refractivity contribution in [2.24, 2.45) is 0 Å². The van der Waals surface area contributed by atoms with Crippen LogP contribution in [0.25, 0.3) is 0 Å². The van der Waals surface area contributed by atoms with Gasteiger partial charge in [0.15, 0.2) is 5.76 Å². The van der Waals surface area contributed by atoms with Crippen LogP contribution in [0.3, 0.4) is 0 Å². The highest BCUT2D eigenvalue weighted by Gasteiger charge is 2.23. The Labute approximate surface area is 130 Å². The average Bonchev–Trinajstić information content (AvgIpc) is 2.80. The molecule has 3 heterocycles. The maximum atomic E-state index is 12.5. The minimum atomic E-state index is -0.00389. The third kappa shape index (κ3) is 2.84. The molecule has 5 nitrogen and oxygen atoms in total. The molecule has 1 aliphatic heterocycles. The molecule has 1 amide bonds. The zero-order valence-electron chi connectivity index (χ0n) is 13.1. The number of carbonyl (C=O) groups is 1. The van der Waals surface area contributed by atoms with E-state index in [1.54, 1.807) is 6.26 Å². The molecule has 0 aromatic carbocycles. The van der Waals surface area contributed by atoms with Crippen molar-refractivity contribution >= 4 is 11.6 Å². The molecule has 0 saturated carbocycles. The summed E-state index contributed by atoms with van der Waals surface area (Å²) in [5.74, 6) is 0.462. The highest BCUT2D eigenvalue weighted by molar-refractivity contribution is 5.92. The molecule has 2 aromatic rings. The zero-order chi connectivity index (χ0) is 15.5. The van der Waals surface area contributed by atoms with E-state index in [1.165, 1.54) is 11.3 Å². The number of aromatic nitrogens is 1. The maximum Gasteiger partial charge on any atom is 0.289 e. The van der Waals surface area contributed by atoms with E-state index in [9.17, 15) is 4.79 Å². The third-order valence-electron chi connectivity index (χ3n) is 4.17. The van der Waals surface area contributed by atoms with Gasteiger partial charge in [-0.15, -0.1) is 0 Å². The second-order valence-corrected chi connectivity index (χ2v) is 5.73. The fourth-order valence-electron chi connectivity index (χ4n) is 2.92. The van der Waals surface area contributed by atoms with Crippen LogP contribution in [-0.2, 0) is 0 Å². The normalized spacial score (nSPS) is 15.7. The van der Waals surface area contributed by atoms with Gasteiger partial charge in [0.05, 0.1) is 6.26 Å². The van der Waals surface area contributed by atoms with Crippen molar-refractivity contribution < 1.29 is 9.21 Å². The summed E-state index contributed by atoms with van der Waals surface area (Å²) in [6, 6.07) is 3.88. The highest BCUT2D eigenvalue weighted by Crippen LogP contribution is 2.21. The molecule has 0 N–H and O–H groups in total. The Morgan fingerprint density at radius 2 is 2.00 bits per heavy atom. The van der Waals surface area contributed by atoms with Crippen molar-refractivity contribution in [1.82, 2.24) is 9.88 Å². The lowest BCUT2D eigenvalue weighted by Gasteiger charge is -2.24. The molecule has 1 saturated heterocycles. The van der Waals surface area contributed by atoms with Crippen LogP contribution in [0.15, 0.2) is 35.2 Å². The van der Waals surface area contributed by atoms with Crippen molar-refractivity contribution in [1.29, 1.82) is 0 Å². The van der Waals surface area contributed by atoms with Gasteiger partial charge in [-0.2, -0.15) is 0 Å². The standard InChI is InChI=1S/C17H21N3O2/c1-13-5-11-22-16(13)17(21)20-8-3-7-19(9-10-20)15-4-6-18-12-14(15)2/h4-6,11-12H,3,7-10H2,1-2H3. The third-order valence-corrected chi connectivity index (χ3v) is 4.17. The molecule has 0 bridgehead atoms. The van der Waals surface area contributed by atoms with Crippen molar-refractivity contribution in [2.75, 3.05) is 31.1 Å². The van der Waals surface area contributed by atoms with Gasteiger partial charge < -0.3 is 14.2 Å². The van der Waals surface area contributed by atoms with Crippen LogP contribution in [0.1, 0.15) is 28.1 Å². The van der Waals surface area contributed by atoms with E-state index in [0.29, 0.717) is 12.3 Å². The smallest absolute Gasteiger partial charge is 0.289 e. The van der Waals surface area contributed by atoms with Gasteiger partial charge in [-0.1, -0.05) is 0 Å². The van der Waals surface area contributed by atoms with Crippen molar-refractivity contribution in [2.45, 2.75) is 20.3 Å². The van der Waals surface area contributed by atoms with E-state index < -0.39 is 0 Å². The van der Waals surface area contributed by atoms with Crippen LogP contribution in [-0.4, -0.2) is 42.0 Å². The molecular formula is C17H21N3O2. The predicted octanol–water partition coefficient (Wildman–Crippen LogP) is 2.64. The molecule has 5 heteroatoms. The molecule has 116 valence electrons. The van der Waals surface area contributed by atoms with Crippen LogP contribution < -0.4 is 4.90 Å². The van der Waals surface area contributed by atoms with E-state index in [2.05, 4.69) is 16.8 Å².